The van der Waals surface area contributed by atoms with E-state index < -0.39 is 0 Å². The number of rotatable bonds is 5. The van der Waals surface area contributed by atoms with Crippen LogP contribution in [0.15, 0.2) is 29.2 Å². The van der Waals surface area contributed by atoms with Crippen LogP contribution in [0.2, 0.25) is 0 Å². The van der Waals surface area contributed by atoms with Gasteiger partial charge in [-0.25, -0.2) is 4.98 Å². The van der Waals surface area contributed by atoms with E-state index in [2.05, 4.69) is 37.2 Å². The van der Waals surface area contributed by atoms with E-state index in [1.54, 1.807) is 11.8 Å². The Morgan fingerprint density at radius 2 is 1.86 bits per heavy atom. The molecule has 0 radical (unpaired) electrons. The predicted molar refractivity (Wildman–Crippen MR) is 90.6 cm³/mol. The van der Waals surface area contributed by atoms with Crippen LogP contribution in [0.3, 0.4) is 0 Å². The summed E-state index contributed by atoms with van der Waals surface area (Å²) in [7, 11) is 0. The maximum atomic E-state index is 12.3. The maximum Gasteiger partial charge on any atom is 0.168 e. The summed E-state index contributed by atoms with van der Waals surface area (Å²) in [6.07, 6.45) is 5.65. The lowest BCUT2D eigenvalue weighted by Gasteiger charge is -2.24. The second-order valence-electron chi connectivity index (χ2n) is 7.32. The first-order valence-electron chi connectivity index (χ1n) is 7.45. The predicted octanol–water partition coefficient (Wildman–Crippen LogP) is 4.58. The van der Waals surface area contributed by atoms with E-state index in [-0.39, 0.29) is 16.6 Å². The van der Waals surface area contributed by atoms with Crippen LogP contribution in [0.5, 0.6) is 0 Å². The minimum atomic E-state index is -0.330. The molecule has 0 aliphatic rings. The molecule has 1 rings (SSSR count). The van der Waals surface area contributed by atoms with Crippen molar-refractivity contribution in [3.63, 3.8) is 0 Å². The van der Waals surface area contributed by atoms with Gasteiger partial charge < -0.3 is 4.57 Å². The van der Waals surface area contributed by atoms with Crippen molar-refractivity contribution >= 4 is 17.5 Å². The quantitative estimate of drug-likeness (QED) is 0.590. The molecule has 0 aliphatic heterocycles. The summed E-state index contributed by atoms with van der Waals surface area (Å²) < 4.78 is 2.12. The average Bonchev–Trinajstić information content (AvgIpc) is 2.78. The van der Waals surface area contributed by atoms with Gasteiger partial charge in [-0.3, -0.25) is 4.79 Å². The normalized spacial score (nSPS) is 13.6. The summed E-state index contributed by atoms with van der Waals surface area (Å²) in [5.74, 6) is 0.981. The van der Waals surface area contributed by atoms with E-state index in [1.165, 1.54) is 0 Å². The molecular weight excluding hydrogens is 280 g/mol. The van der Waals surface area contributed by atoms with Gasteiger partial charge in [0.1, 0.15) is 0 Å². The molecule has 0 spiro atoms. The molecule has 0 unspecified atom stereocenters. The molecule has 0 N–H and O–H groups in total. The number of imidazole rings is 1. The zero-order valence-corrected chi connectivity index (χ0v) is 15.2. The van der Waals surface area contributed by atoms with Crippen LogP contribution in [-0.4, -0.2) is 21.1 Å². The lowest BCUT2D eigenvalue weighted by molar-refractivity contribution is -0.121. The molecule has 21 heavy (non-hydrogen) atoms. The van der Waals surface area contributed by atoms with Crippen molar-refractivity contribution in [3.05, 3.63) is 24.0 Å². The van der Waals surface area contributed by atoms with Crippen LogP contribution in [0, 0.1) is 10.8 Å². The zero-order chi connectivity index (χ0) is 16.3. The first-order chi connectivity index (χ1) is 9.55. The zero-order valence-electron chi connectivity index (χ0n) is 14.4. The Morgan fingerprint density at radius 1 is 1.24 bits per heavy atom. The third-order valence-corrected chi connectivity index (χ3v) is 4.44. The highest BCUT2D eigenvalue weighted by Gasteiger charge is 2.24. The fourth-order valence-corrected chi connectivity index (χ4v) is 2.96. The molecule has 0 atom stereocenters. The summed E-state index contributed by atoms with van der Waals surface area (Å²) in [6.45, 7) is 15.4. The molecule has 0 aromatic carbocycles. The number of hydrogen-bond donors (Lipinski definition) is 0. The minimum absolute atomic E-state index is 0.0163. The van der Waals surface area contributed by atoms with Gasteiger partial charge in [0.05, 0.1) is 0 Å². The highest BCUT2D eigenvalue weighted by Crippen LogP contribution is 2.32. The number of allylic oxidation sites excluding steroid dienone is 1. The molecule has 0 saturated carbocycles. The van der Waals surface area contributed by atoms with E-state index in [4.69, 9.17) is 0 Å². The fourth-order valence-electron chi connectivity index (χ4n) is 1.67. The van der Waals surface area contributed by atoms with Gasteiger partial charge in [-0.1, -0.05) is 58.9 Å². The van der Waals surface area contributed by atoms with Gasteiger partial charge in [0.25, 0.3) is 0 Å². The van der Waals surface area contributed by atoms with Gasteiger partial charge in [-0.05, 0) is 18.4 Å². The number of ketones is 1. The molecule has 0 amide bonds. The lowest BCUT2D eigenvalue weighted by atomic mass is 9.83. The van der Waals surface area contributed by atoms with E-state index in [0.29, 0.717) is 0 Å². The number of carbonyl (C=O) groups excluding carboxylic acids is 1. The van der Waals surface area contributed by atoms with Gasteiger partial charge in [0.15, 0.2) is 10.9 Å². The van der Waals surface area contributed by atoms with Crippen LogP contribution in [-0.2, 0) is 11.3 Å². The number of thioether (sulfide) groups is 1. The summed E-state index contributed by atoms with van der Waals surface area (Å²) in [6, 6.07) is 0. The van der Waals surface area contributed by atoms with Gasteiger partial charge in [-0.15, -0.1) is 0 Å². The van der Waals surface area contributed by atoms with Crippen molar-refractivity contribution in [2.75, 3.05) is 5.75 Å². The first-order valence-corrected chi connectivity index (χ1v) is 8.43. The van der Waals surface area contributed by atoms with E-state index in [0.717, 1.165) is 23.0 Å². The highest BCUT2D eigenvalue weighted by atomic mass is 32.2. The smallest absolute Gasteiger partial charge is 0.168 e. The van der Waals surface area contributed by atoms with Crippen LogP contribution >= 0.6 is 11.8 Å². The van der Waals surface area contributed by atoms with Crippen molar-refractivity contribution in [1.82, 2.24) is 9.55 Å². The topological polar surface area (TPSA) is 34.9 Å². The van der Waals surface area contributed by atoms with Crippen molar-refractivity contribution in [1.29, 1.82) is 0 Å². The van der Waals surface area contributed by atoms with Crippen LogP contribution in [0.25, 0.3) is 0 Å². The fraction of sp³-hybridized carbons (Fsp3) is 0.647. The second-order valence-corrected chi connectivity index (χ2v) is 8.26. The largest absolute Gasteiger partial charge is 0.326 e. The van der Waals surface area contributed by atoms with E-state index >= 15 is 0 Å². The number of aryl methyl sites for hydroxylation is 1. The number of aromatic nitrogens is 2. The van der Waals surface area contributed by atoms with Crippen molar-refractivity contribution in [2.24, 2.45) is 10.8 Å². The monoisotopic (exact) mass is 308 g/mol. The summed E-state index contributed by atoms with van der Waals surface area (Å²) in [4.78, 5) is 16.7. The minimum Gasteiger partial charge on any atom is -0.326 e. The van der Waals surface area contributed by atoms with Crippen molar-refractivity contribution in [2.45, 2.75) is 60.2 Å². The Morgan fingerprint density at radius 3 is 2.33 bits per heavy atom. The maximum absolute atomic E-state index is 12.3. The average molecular weight is 308 g/mol. The van der Waals surface area contributed by atoms with Gasteiger partial charge in [0, 0.05) is 30.1 Å². The molecular formula is C17H28N2OS. The standard InChI is InChI=1S/C17H28N2OS/c1-8-19-10-9-18-15(19)21-12-13(16(2,3)4)11-14(20)17(5,6)7/h9-11H,8,12H2,1-7H3/b13-11+. The molecule has 0 fully saturated rings. The Kier molecular flexibility index (Phi) is 5.85. The van der Waals surface area contributed by atoms with Gasteiger partial charge in [-0.2, -0.15) is 0 Å². The van der Waals surface area contributed by atoms with E-state index in [1.807, 2.05) is 39.2 Å². The Bertz CT molecular complexity index is 516. The van der Waals surface area contributed by atoms with Gasteiger partial charge >= 0.3 is 0 Å². The molecule has 4 heteroatoms. The summed E-state index contributed by atoms with van der Waals surface area (Å²) >= 11 is 1.70. The van der Waals surface area contributed by atoms with Crippen molar-refractivity contribution < 1.29 is 4.79 Å². The third-order valence-electron chi connectivity index (χ3n) is 3.38. The molecule has 1 aromatic rings. The molecule has 118 valence electrons. The molecule has 1 heterocycles. The van der Waals surface area contributed by atoms with Crippen LogP contribution < -0.4 is 0 Å². The lowest BCUT2D eigenvalue weighted by Crippen LogP contribution is -2.21. The second kappa shape index (κ2) is 6.82. The third kappa shape index (κ3) is 5.34. The molecule has 0 bridgehead atoms. The first kappa shape index (κ1) is 18.0. The number of carbonyl (C=O) groups is 1. The number of hydrogen-bond acceptors (Lipinski definition) is 3. The van der Waals surface area contributed by atoms with Crippen molar-refractivity contribution in [3.8, 4) is 0 Å². The van der Waals surface area contributed by atoms with Gasteiger partial charge in [0.2, 0.25) is 0 Å². The molecule has 0 saturated heterocycles. The SMILES string of the molecule is CCn1ccnc1SC/C(=C\C(=O)C(C)(C)C)C(C)(C)C. The highest BCUT2D eigenvalue weighted by molar-refractivity contribution is 7.99. The summed E-state index contributed by atoms with van der Waals surface area (Å²) in [5, 5.41) is 1.01. The van der Waals surface area contributed by atoms with E-state index in [9.17, 15) is 4.79 Å². The van der Waals surface area contributed by atoms with Crippen LogP contribution in [0.4, 0.5) is 0 Å². The Hall–Kier alpha value is -1.03. The van der Waals surface area contributed by atoms with Crippen LogP contribution in [0.1, 0.15) is 48.5 Å². The number of nitrogens with zero attached hydrogens (tertiary/aromatic N) is 2. The molecule has 0 aliphatic carbocycles. The Labute approximate surface area is 133 Å². The Balaban J connectivity index is 2.91. The summed E-state index contributed by atoms with van der Waals surface area (Å²) in [5.41, 5.74) is 0.818. The molecule has 1 aromatic heterocycles. The molecule has 3 nitrogen and oxygen atoms in total.